The van der Waals surface area contributed by atoms with Crippen molar-refractivity contribution in [3.63, 3.8) is 0 Å². The van der Waals surface area contributed by atoms with E-state index in [1.54, 1.807) is 0 Å². The van der Waals surface area contributed by atoms with Crippen molar-refractivity contribution >= 4 is 17.5 Å². The van der Waals surface area contributed by atoms with Crippen molar-refractivity contribution in [2.75, 3.05) is 44.2 Å². The van der Waals surface area contributed by atoms with Gasteiger partial charge in [-0.15, -0.1) is 0 Å². The second-order valence-electron chi connectivity index (χ2n) is 6.91. The van der Waals surface area contributed by atoms with Crippen LogP contribution in [0.5, 0.6) is 5.75 Å². The van der Waals surface area contributed by atoms with Crippen LogP contribution in [-0.2, 0) is 9.59 Å². The van der Waals surface area contributed by atoms with Crippen LogP contribution >= 0.6 is 0 Å². The zero-order valence-corrected chi connectivity index (χ0v) is 16.2. The first-order chi connectivity index (χ1) is 14.1. The standard InChI is InChI=1S/C21H25FN4O3/c22-17-6-8-19(9-7-17)29-16-21(28)24-23-20(27)10-11-25-12-14-26(15-13-25)18-4-2-1-3-5-18/h1-9H,10-16H2,(H,23,27)(H,24,28)/p+1. The third kappa shape index (κ3) is 6.76. The average molecular weight is 401 g/mol. The van der Waals surface area contributed by atoms with E-state index in [9.17, 15) is 14.0 Å². The van der Waals surface area contributed by atoms with E-state index in [4.69, 9.17) is 4.74 Å². The summed E-state index contributed by atoms with van der Waals surface area (Å²) in [5, 5.41) is 0. The average Bonchev–Trinajstić information content (AvgIpc) is 2.77. The highest BCUT2D eigenvalue weighted by molar-refractivity contribution is 5.82. The van der Waals surface area contributed by atoms with E-state index in [0.717, 1.165) is 32.7 Å². The summed E-state index contributed by atoms with van der Waals surface area (Å²) in [6.07, 6.45) is 0.333. The van der Waals surface area contributed by atoms with Crippen molar-refractivity contribution in [3.05, 3.63) is 60.4 Å². The molecule has 3 rings (SSSR count). The highest BCUT2D eigenvalue weighted by atomic mass is 19.1. The van der Waals surface area contributed by atoms with Gasteiger partial charge in [0, 0.05) is 5.69 Å². The van der Waals surface area contributed by atoms with Crippen molar-refractivity contribution in [1.29, 1.82) is 0 Å². The Morgan fingerprint density at radius 1 is 0.966 bits per heavy atom. The van der Waals surface area contributed by atoms with E-state index >= 15 is 0 Å². The molecule has 1 aliphatic rings. The van der Waals surface area contributed by atoms with Gasteiger partial charge >= 0.3 is 0 Å². The lowest BCUT2D eigenvalue weighted by molar-refractivity contribution is -0.900. The molecule has 29 heavy (non-hydrogen) atoms. The maximum Gasteiger partial charge on any atom is 0.276 e. The fraction of sp³-hybridized carbons (Fsp3) is 0.333. The minimum atomic E-state index is -0.480. The van der Waals surface area contributed by atoms with E-state index < -0.39 is 5.91 Å². The second-order valence-corrected chi connectivity index (χ2v) is 6.91. The molecule has 2 aromatic carbocycles. The van der Waals surface area contributed by atoms with E-state index in [1.807, 2.05) is 18.2 Å². The first-order valence-corrected chi connectivity index (χ1v) is 9.70. The molecule has 0 aliphatic carbocycles. The zero-order chi connectivity index (χ0) is 20.5. The Balaban J connectivity index is 1.28. The van der Waals surface area contributed by atoms with Gasteiger partial charge < -0.3 is 14.5 Å². The Labute approximate surface area is 169 Å². The van der Waals surface area contributed by atoms with Gasteiger partial charge in [0.2, 0.25) is 5.91 Å². The minimum Gasteiger partial charge on any atom is -0.484 e. The Bertz CT molecular complexity index is 793. The number of hydrogen-bond donors (Lipinski definition) is 3. The Kier molecular flexibility index (Phi) is 7.40. The molecule has 0 bridgehead atoms. The lowest BCUT2D eigenvalue weighted by atomic mass is 10.2. The number of nitrogens with zero attached hydrogens (tertiary/aromatic N) is 1. The van der Waals surface area contributed by atoms with Crippen LogP contribution in [-0.4, -0.2) is 51.1 Å². The van der Waals surface area contributed by atoms with Gasteiger partial charge in [0.1, 0.15) is 11.6 Å². The van der Waals surface area contributed by atoms with Crippen molar-refractivity contribution in [3.8, 4) is 5.75 Å². The summed E-state index contributed by atoms with van der Waals surface area (Å²) in [5.41, 5.74) is 5.96. The number of anilines is 1. The normalized spacial score (nSPS) is 14.3. The largest absolute Gasteiger partial charge is 0.484 e. The topological polar surface area (TPSA) is 75.1 Å². The fourth-order valence-electron chi connectivity index (χ4n) is 3.18. The summed E-state index contributed by atoms with van der Waals surface area (Å²) >= 11 is 0. The molecule has 1 fully saturated rings. The summed E-state index contributed by atoms with van der Waals surface area (Å²) in [5.74, 6) is -0.714. The van der Waals surface area contributed by atoms with E-state index in [0.29, 0.717) is 12.2 Å². The molecule has 0 spiro atoms. The third-order valence-corrected chi connectivity index (χ3v) is 4.82. The first-order valence-electron chi connectivity index (χ1n) is 9.70. The number of carbonyl (C=O) groups excluding carboxylic acids is 2. The number of piperazine rings is 1. The molecule has 8 heteroatoms. The number of hydrogen-bond acceptors (Lipinski definition) is 4. The molecule has 1 aliphatic heterocycles. The molecule has 0 radical (unpaired) electrons. The quantitative estimate of drug-likeness (QED) is 0.578. The maximum absolute atomic E-state index is 12.8. The van der Waals surface area contributed by atoms with Crippen LogP contribution in [0.25, 0.3) is 0 Å². The van der Waals surface area contributed by atoms with Gasteiger partial charge in [-0.3, -0.25) is 20.4 Å². The number of amides is 2. The number of benzene rings is 2. The number of nitrogens with one attached hydrogen (secondary N) is 3. The van der Waals surface area contributed by atoms with Gasteiger partial charge in [-0.2, -0.15) is 0 Å². The summed E-state index contributed by atoms with van der Waals surface area (Å²) in [4.78, 5) is 27.4. The second kappa shape index (κ2) is 10.4. The third-order valence-electron chi connectivity index (χ3n) is 4.82. The molecule has 0 atom stereocenters. The van der Waals surface area contributed by atoms with Crippen molar-refractivity contribution in [2.45, 2.75) is 6.42 Å². The summed E-state index contributed by atoms with van der Waals surface area (Å²) < 4.78 is 18.0. The molecule has 154 valence electrons. The van der Waals surface area contributed by atoms with Crippen LogP contribution in [0.4, 0.5) is 10.1 Å². The lowest BCUT2D eigenvalue weighted by Gasteiger charge is -2.33. The Morgan fingerprint density at radius 2 is 1.62 bits per heavy atom. The van der Waals surface area contributed by atoms with Crippen LogP contribution in [0.15, 0.2) is 54.6 Å². The van der Waals surface area contributed by atoms with Gasteiger partial charge in [-0.05, 0) is 36.4 Å². The van der Waals surface area contributed by atoms with Crippen molar-refractivity contribution < 1.29 is 23.6 Å². The molecule has 0 unspecified atom stereocenters. The first kappa shape index (κ1) is 20.6. The molecular formula is C21H26FN4O3+. The van der Waals surface area contributed by atoms with Crippen molar-refractivity contribution in [2.24, 2.45) is 0 Å². The highest BCUT2D eigenvalue weighted by Crippen LogP contribution is 2.12. The summed E-state index contributed by atoms with van der Waals surface area (Å²) in [7, 11) is 0. The maximum atomic E-state index is 12.8. The number of rotatable bonds is 7. The Morgan fingerprint density at radius 3 is 2.31 bits per heavy atom. The Hall–Kier alpha value is -3.13. The van der Waals surface area contributed by atoms with Gasteiger partial charge in [-0.25, -0.2) is 4.39 Å². The van der Waals surface area contributed by atoms with E-state index in [2.05, 4.69) is 27.9 Å². The number of carbonyl (C=O) groups is 2. The van der Waals surface area contributed by atoms with Crippen LogP contribution in [0.3, 0.4) is 0 Å². The molecule has 1 saturated heterocycles. The highest BCUT2D eigenvalue weighted by Gasteiger charge is 2.20. The SMILES string of the molecule is O=C(CC[NH+]1CCN(c2ccccc2)CC1)NNC(=O)COc1ccc(F)cc1. The molecule has 2 aromatic rings. The van der Waals surface area contributed by atoms with Crippen LogP contribution in [0.2, 0.25) is 0 Å². The number of halogens is 1. The van der Waals surface area contributed by atoms with Gasteiger partial charge in [0.15, 0.2) is 6.61 Å². The molecule has 7 nitrogen and oxygen atoms in total. The van der Waals surface area contributed by atoms with Crippen molar-refractivity contribution in [1.82, 2.24) is 10.9 Å². The van der Waals surface area contributed by atoms with E-state index in [1.165, 1.54) is 34.9 Å². The van der Waals surface area contributed by atoms with Crippen LogP contribution in [0, 0.1) is 5.82 Å². The molecule has 1 heterocycles. The zero-order valence-electron chi connectivity index (χ0n) is 16.2. The van der Waals surface area contributed by atoms with Gasteiger partial charge in [0.05, 0.1) is 39.1 Å². The molecule has 3 N–H and O–H groups in total. The fourth-order valence-corrected chi connectivity index (χ4v) is 3.18. The van der Waals surface area contributed by atoms with Crippen LogP contribution < -0.4 is 25.4 Å². The summed E-state index contributed by atoms with van der Waals surface area (Å²) in [6, 6.07) is 15.7. The predicted molar refractivity (Wildman–Crippen MR) is 107 cm³/mol. The lowest BCUT2D eigenvalue weighted by Crippen LogP contribution is -3.15. The minimum absolute atomic E-state index is 0.238. The van der Waals surface area contributed by atoms with E-state index in [-0.39, 0.29) is 18.3 Å². The molecule has 2 amide bonds. The van der Waals surface area contributed by atoms with Gasteiger partial charge in [0.25, 0.3) is 5.91 Å². The number of ether oxygens (including phenoxy) is 1. The number of para-hydroxylation sites is 1. The number of quaternary nitrogens is 1. The van der Waals surface area contributed by atoms with Gasteiger partial charge in [-0.1, -0.05) is 18.2 Å². The number of hydrazine groups is 1. The molecule has 0 aromatic heterocycles. The monoisotopic (exact) mass is 401 g/mol. The van der Waals surface area contributed by atoms with Crippen LogP contribution in [0.1, 0.15) is 6.42 Å². The predicted octanol–water partition coefficient (Wildman–Crippen LogP) is 0.147. The smallest absolute Gasteiger partial charge is 0.276 e. The summed E-state index contributed by atoms with van der Waals surface area (Å²) in [6.45, 7) is 4.31. The molecular weight excluding hydrogens is 375 g/mol. The molecule has 0 saturated carbocycles.